The topological polar surface area (TPSA) is 71.3 Å². The third kappa shape index (κ3) is 5.47. The van der Waals surface area contributed by atoms with Crippen molar-refractivity contribution in [2.75, 3.05) is 13.1 Å². The summed E-state index contributed by atoms with van der Waals surface area (Å²) in [4.78, 5) is 0. The van der Waals surface area contributed by atoms with Crippen LogP contribution in [0.1, 0.15) is 31.9 Å². The smallest absolute Gasteiger partial charge is 0.273 e. The predicted octanol–water partition coefficient (Wildman–Crippen LogP) is 1.47. The molecule has 0 unspecified atom stereocenters. The lowest BCUT2D eigenvalue weighted by Crippen LogP contribution is -2.24. The van der Waals surface area contributed by atoms with E-state index in [0.717, 1.165) is 13.0 Å². The largest absolute Gasteiger partial charge is 0.447 e. The van der Waals surface area contributed by atoms with Crippen LogP contribution in [0.15, 0.2) is 21.6 Å². The molecule has 0 spiro atoms. The summed E-state index contributed by atoms with van der Waals surface area (Å²) < 4.78 is 31.5. The van der Waals surface area contributed by atoms with Crippen molar-refractivity contribution in [1.29, 1.82) is 0 Å². The van der Waals surface area contributed by atoms with Crippen LogP contribution in [0.5, 0.6) is 0 Å². The van der Waals surface area contributed by atoms with E-state index < -0.39 is 10.0 Å². The van der Waals surface area contributed by atoms with Crippen molar-refractivity contribution in [3.05, 3.63) is 17.9 Å². The van der Waals surface area contributed by atoms with Crippen molar-refractivity contribution in [1.82, 2.24) is 10.0 Å². The van der Waals surface area contributed by atoms with Crippen LogP contribution in [0, 0.1) is 12.3 Å². The zero-order valence-electron chi connectivity index (χ0n) is 11.1. The summed E-state index contributed by atoms with van der Waals surface area (Å²) in [5.41, 5.74) is 0. The van der Waals surface area contributed by atoms with Crippen LogP contribution in [-0.4, -0.2) is 21.5 Å². The van der Waals surface area contributed by atoms with Crippen LogP contribution in [0.3, 0.4) is 0 Å². The molecule has 0 aliphatic carbocycles. The number of rotatable bonds is 9. The molecule has 0 radical (unpaired) electrons. The van der Waals surface area contributed by atoms with Gasteiger partial charge in [0, 0.05) is 13.0 Å². The molecular weight excluding hydrogens is 264 g/mol. The van der Waals surface area contributed by atoms with E-state index in [-0.39, 0.29) is 5.09 Å². The highest BCUT2D eigenvalue weighted by atomic mass is 32.2. The lowest BCUT2D eigenvalue weighted by molar-refractivity contribution is 0.401. The van der Waals surface area contributed by atoms with E-state index in [0.29, 0.717) is 31.7 Å². The second kappa shape index (κ2) is 8.00. The molecule has 0 fully saturated rings. The number of unbranched alkanes of at least 4 members (excludes halogenated alkanes) is 2. The van der Waals surface area contributed by atoms with E-state index in [1.165, 1.54) is 6.07 Å². The first kappa shape index (κ1) is 15.8. The molecule has 0 aliphatic rings. The summed E-state index contributed by atoms with van der Waals surface area (Å²) in [5.74, 6) is 3.12. The third-order valence-electron chi connectivity index (χ3n) is 2.49. The molecule has 0 atom stereocenters. The highest BCUT2D eigenvalue weighted by molar-refractivity contribution is 7.89. The van der Waals surface area contributed by atoms with Crippen LogP contribution >= 0.6 is 0 Å². The number of hydrogen-bond donors (Lipinski definition) is 2. The van der Waals surface area contributed by atoms with Gasteiger partial charge in [0.15, 0.2) is 0 Å². The Kier molecular flexibility index (Phi) is 6.64. The minimum atomic E-state index is -3.55. The van der Waals surface area contributed by atoms with Gasteiger partial charge in [-0.2, -0.15) is 0 Å². The number of terminal acetylenes is 1. The van der Waals surface area contributed by atoms with Gasteiger partial charge in [-0.3, -0.25) is 0 Å². The molecule has 2 N–H and O–H groups in total. The van der Waals surface area contributed by atoms with Gasteiger partial charge in [0.2, 0.25) is 5.09 Å². The van der Waals surface area contributed by atoms with Gasteiger partial charge in [-0.25, -0.2) is 13.1 Å². The number of nitrogens with one attached hydrogen (secondary N) is 2. The quantitative estimate of drug-likeness (QED) is 0.532. The number of furan rings is 1. The summed E-state index contributed by atoms with van der Waals surface area (Å²) in [5, 5.41) is 3.02. The molecule has 1 rings (SSSR count). The van der Waals surface area contributed by atoms with Crippen molar-refractivity contribution < 1.29 is 12.8 Å². The van der Waals surface area contributed by atoms with E-state index >= 15 is 0 Å². The Morgan fingerprint density at radius 1 is 1.37 bits per heavy atom. The van der Waals surface area contributed by atoms with E-state index in [1.54, 1.807) is 6.07 Å². The van der Waals surface area contributed by atoms with Crippen molar-refractivity contribution in [3.63, 3.8) is 0 Å². The van der Waals surface area contributed by atoms with E-state index in [2.05, 4.69) is 16.0 Å². The molecule has 0 aromatic carbocycles. The monoisotopic (exact) mass is 284 g/mol. The fourth-order valence-electron chi connectivity index (χ4n) is 1.48. The van der Waals surface area contributed by atoms with E-state index in [4.69, 9.17) is 10.8 Å². The van der Waals surface area contributed by atoms with Gasteiger partial charge in [0.05, 0.1) is 6.54 Å². The normalized spacial score (nSPS) is 11.4. The molecule has 0 saturated carbocycles. The molecule has 1 aromatic heterocycles. The summed E-state index contributed by atoms with van der Waals surface area (Å²) in [6.45, 7) is 3.66. The van der Waals surface area contributed by atoms with Crippen molar-refractivity contribution >= 4 is 10.0 Å². The lowest BCUT2D eigenvalue weighted by atomic mass is 10.2. The Morgan fingerprint density at radius 3 is 2.84 bits per heavy atom. The second-order valence-electron chi connectivity index (χ2n) is 4.06. The molecule has 5 nitrogen and oxygen atoms in total. The van der Waals surface area contributed by atoms with Gasteiger partial charge in [-0.15, -0.1) is 12.3 Å². The van der Waals surface area contributed by atoms with Crippen molar-refractivity contribution in [2.24, 2.45) is 0 Å². The maximum absolute atomic E-state index is 11.9. The zero-order chi connectivity index (χ0) is 14.1. The van der Waals surface area contributed by atoms with Gasteiger partial charge in [-0.05, 0) is 31.5 Å². The Bertz CT molecular complexity index is 514. The van der Waals surface area contributed by atoms with E-state index in [9.17, 15) is 8.42 Å². The molecule has 1 aromatic rings. The summed E-state index contributed by atoms with van der Waals surface area (Å²) in [7, 11) is -3.55. The maximum Gasteiger partial charge on any atom is 0.273 e. The van der Waals surface area contributed by atoms with Crippen LogP contribution in [-0.2, 0) is 16.6 Å². The fraction of sp³-hybridized carbons (Fsp3) is 0.538. The van der Waals surface area contributed by atoms with Gasteiger partial charge in [0.25, 0.3) is 10.0 Å². The predicted molar refractivity (Wildman–Crippen MR) is 74.0 cm³/mol. The molecule has 0 saturated heterocycles. The van der Waals surface area contributed by atoms with Gasteiger partial charge in [-0.1, -0.05) is 6.92 Å². The first-order valence-corrected chi connectivity index (χ1v) is 7.81. The number of sulfonamides is 1. The lowest BCUT2D eigenvalue weighted by Gasteiger charge is -2.03. The zero-order valence-corrected chi connectivity index (χ0v) is 11.9. The van der Waals surface area contributed by atoms with Gasteiger partial charge in [0.1, 0.15) is 5.76 Å². The molecule has 0 aliphatic heterocycles. The summed E-state index contributed by atoms with van der Waals surface area (Å²) in [6, 6.07) is 3.13. The third-order valence-corrected chi connectivity index (χ3v) is 3.82. The highest BCUT2D eigenvalue weighted by Gasteiger charge is 2.17. The molecule has 106 valence electrons. The Morgan fingerprint density at radius 2 is 2.16 bits per heavy atom. The fourth-order valence-corrected chi connectivity index (χ4v) is 2.49. The Labute approximate surface area is 114 Å². The summed E-state index contributed by atoms with van der Waals surface area (Å²) >= 11 is 0. The van der Waals surface area contributed by atoms with Crippen molar-refractivity contribution in [2.45, 2.75) is 37.8 Å². The standard InChI is InChI=1S/C13H20N2O3S/c1-3-5-6-7-10-15-19(16,17)13-9-8-12(18-13)11-14-4-2/h1,8-9,14-15H,4-7,10-11H2,2H3. The second-order valence-corrected chi connectivity index (χ2v) is 5.76. The number of hydrogen-bond acceptors (Lipinski definition) is 4. The molecular formula is C13H20N2O3S. The highest BCUT2D eigenvalue weighted by Crippen LogP contribution is 2.13. The maximum atomic E-state index is 11.9. The minimum Gasteiger partial charge on any atom is -0.447 e. The first-order valence-electron chi connectivity index (χ1n) is 6.32. The Balaban J connectivity index is 2.48. The SMILES string of the molecule is C#CCCCCNS(=O)(=O)c1ccc(CNCC)o1. The van der Waals surface area contributed by atoms with Crippen LogP contribution in [0.2, 0.25) is 0 Å². The van der Waals surface area contributed by atoms with Crippen LogP contribution < -0.4 is 10.0 Å². The van der Waals surface area contributed by atoms with Crippen LogP contribution in [0.4, 0.5) is 0 Å². The van der Waals surface area contributed by atoms with Crippen molar-refractivity contribution in [3.8, 4) is 12.3 Å². The average Bonchev–Trinajstić information content (AvgIpc) is 2.85. The van der Waals surface area contributed by atoms with Crippen LogP contribution in [0.25, 0.3) is 0 Å². The molecule has 19 heavy (non-hydrogen) atoms. The molecule has 1 heterocycles. The molecule has 0 bridgehead atoms. The van der Waals surface area contributed by atoms with Gasteiger partial charge >= 0.3 is 0 Å². The first-order chi connectivity index (χ1) is 9.10. The average molecular weight is 284 g/mol. The summed E-state index contributed by atoms with van der Waals surface area (Å²) in [6.07, 6.45) is 7.31. The molecule has 6 heteroatoms. The Hall–Kier alpha value is -1.29. The molecule has 0 amide bonds. The van der Waals surface area contributed by atoms with E-state index in [1.807, 2.05) is 6.92 Å². The minimum absolute atomic E-state index is 0.0441. The van der Waals surface area contributed by atoms with Gasteiger partial charge < -0.3 is 9.73 Å².